The molecule has 1 unspecified atom stereocenters. The highest BCUT2D eigenvalue weighted by Crippen LogP contribution is 2.40. The molecule has 4 rings (SSSR count). The molecule has 2 amide bonds. The molecule has 4 aromatic rings. The molecule has 0 saturated heterocycles. The molecule has 1 aromatic heterocycles. The van der Waals surface area contributed by atoms with Crippen LogP contribution in [0, 0.1) is 0 Å². The average Bonchev–Trinajstić information content (AvgIpc) is 3.31. The van der Waals surface area contributed by atoms with E-state index in [4.69, 9.17) is 18.7 Å². The Balaban J connectivity index is 1.50. The Morgan fingerprint density at radius 1 is 0.914 bits per heavy atom. The second-order valence-corrected chi connectivity index (χ2v) is 7.71. The van der Waals surface area contributed by atoms with Crippen molar-refractivity contribution in [1.29, 1.82) is 0 Å². The van der Waals surface area contributed by atoms with Gasteiger partial charge in [0.15, 0.2) is 17.3 Å². The maximum atomic E-state index is 12.9. The minimum atomic E-state index is -0.826. The highest BCUT2D eigenvalue weighted by Gasteiger charge is 2.20. The van der Waals surface area contributed by atoms with Gasteiger partial charge in [0.05, 0.1) is 26.7 Å². The SMILES string of the molecule is COc1cc(NC(=O)C(C)NC(=O)c2ccc3noc(-c4ccccc4)c3c2)cc(OC)c1OC. The van der Waals surface area contributed by atoms with E-state index in [1.54, 1.807) is 37.3 Å². The number of benzene rings is 3. The molecule has 0 aliphatic heterocycles. The van der Waals surface area contributed by atoms with Crippen molar-refractivity contribution in [2.24, 2.45) is 0 Å². The number of hydrogen-bond acceptors (Lipinski definition) is 7. The minimum absolute atomic E-state index is 0.380. The van der Waals surface area contributed by atoms with Gasteiger partial charge < -0.3 is 29.4 Å². The summed E-state index contributed by atoms with van der Waals surface area (Å²) in [6.07, 6.45) is 0. The number of methoxy groups -OCH3 is 3. The van der Waals surface area contributed by atoms with E-state index in [0.717, 1.165) is 5.56 Å². The molecule has 0 bridgehead atoms. The van der Waals surface area contributed by atoms with Gasteiger partial charge in [-0.25, -0.2) is 0 Å². The highest BCUT2D eigenvalue weighted by atomic mass is 16.5. The van der Waals surface area contributed by atoms with Gasteiger partial charge in [0.1, 0.15) is 11.6 Å². The van der Waals surface area contributed by atoms with Gasteiger partial charge in [-0.2, -0.15) is 0 Å². The van der Waals surface area contributed by atoms with Gasteiger partial charge in [-0.1, -0.05) is 35.5 Å². The number of fused-ring (bicyclic) bond motifs is 1. The maximum Gasteiger partial charge on any atom is 0.251 e. The fraction of sp³-hybridized carbons (Fsp3) is 0.192. The molecule has 0 aliphatic carbocycles. The van der Waals surface area contributed by atoms with Crippen LogP contribution in [-0.4, -0.2) is 44.3 Å². The van der Waals surface area contributed by atoms with Crippen LogP contribution in [0.2, 0.25) is 0 Å². The topological polar surface area (TPSA) is 112 Å². The number of rotatable bonds is 8. The van der Waals surface area contributed by atoms with Crippen LogP contribution in [0.15, 0.2) is 65.2 Å². The largest absolute Gasteiger partial charge is 0.493 e. The van der Waals surface area contributed by atoms with Gasteiger partial charge in [0.2, 0.25) is 11.7 Å². The van der Waals surface area contributed by atoms with Crippen molar-refractivity contribution >= 4 is 28.4 Å². The Labute approximate surface area is 202 Å². The zero-order valence-electron chi connectivity index (χ0n) is 19.7. The molecular formula is C26H25N3O6. The zero-order valence-corrected chi connectivity index (χ0v) is 19.7. The predicted molar refractivity (Wildman–Crippen MR) is 131 cm³/mol. The first-order valence-corrected chi connectivity index (χ1v) is 10.8. The number of nitrogens with zero attached hydrogens (tertiary/aromatic N) is 1. The maximum absolute atomic E-state index is 12.9. The summed E-state index contributed by atoms with van der Waals surface area (Å²) in [6.45, 7) is 1.60. The first kappa shape index (κ1) is 23.6. The molecule has 0 aliphatic rings. The lowest BCUT2D eigenvalue weighted by atomic mass is 10.1. The molecule has 1 heterocycles. The van der Waals surface area contributed by atoms with Crippen molar-refractivity contribution in [3.63, 3.8) is 0 Å². The molecule has 9 nitrogen and oxygen atoms in total. The molecule has 0 saturated carbocycles. The summed E-state index contributed by atoms with van der Waals surface area (Å²) in [6, 6.07) is 17.0. The summed E-state index contributed by atoms with van der Waals surface area (Å²) >= 11 is 0. The Morgan fingerprint density at radius 3 is 2.23 bits per heavy atom. The van der Waals surface area contributed by atoms with E-state index in [-0.39, 0.29) is 0 Å². The standard InChI is InChI=1S/C26H25N3O6/c1-15(25(30)28-18-13-21(32-2)24(34-4)22(14-18)33-3)27-26(31)17-10-11-20-19(12-17)23(35-29-20)16-8-6-5-7-9-16/h5-15H,1-4H3,(H,27,31)(H,28,30). The molecule has 0 fully saturated rings. The molecule has 180 valence electrons. The van der Waals surface area contributed by atoms with E-state index in [2.05, 4.69) is 15.8 Å². The van der Waals surface area contributed by atoms with Crippen molar-refractivity contribution in [1.82, 2.24) is 10.5 Å². The van der Waals surface area contributed by atoms with E-state index in [0.29, 0.717) is 45.2 Å². The van der Waals surface area contributed by atoms with Crippen LogP contribution < -0.4 is 24.8 Å². The number of amides is 2. The van der Waals surface area contributed by atoms with Crippen LogP contribution in [0.1, 0.15) is 17.3 Å². The molecule has 1 atom stereocenters. The monoisotopic (exact) mass is 475 g/mol. The first-order valence-electron chi connectivity index (χ1n) is 10.8. The number of carbonyl (C=O) groups is 2. The van der Waals surface area contributed by atoms with Crippen LogP contribution in [0.4, 0.5) is 5.69 Å². The van der Waals surface area contributed by atoms with Crippen molar-refractivity contribution in [3.05, 3.63) is 66.2 Å². The average molecular weight is 476 g/mol. The van der Waals surface area contributed by atoms with E-state index >= 15 is 0 Å². The summed E-state index contributed by atoms with van der Waals surface area (Å²) in [5.74, 6) is 0.963. The van der Waals surface area contributed by atoms with Crippen molar-refractivity contribution in [2.75, 3.05) is 26.6 Å². The van der Waals surface area contributed by atoms with E-state index < -0.39 is 17.9 Å². The number of ether oxygens (including phenoxy) is 3. The second-order valence-electron chi connectivity index (χ2n) is 7.71. The Bertz CT molecular complexity index is 1340. The lowest BCUT2D eigenvalue weighted by Gasteiger charge is -2.17. The molecule has 2 N–H and O–H groups in total. The number of carbonyl (C=O) groups excluding carboxylic acids is 2. The van der Waals surface area contributed by atoms with Crippen molar-refractivity contribution in [2.45, 2.75) is 13.0 Å². The van der Waals surface area contributed by atoms with Gasteiger partial charge in [-0.15, -0.1) is 0 Å². The Hall–Kier alpha value is -4.53. The molecular weight excluding hydrogens is 450 g/mol. The number of nitrogens with one attached hydrogen (secondary N) is 2. The third kappa shape index (κ3) is 4.89. The van der Waals surface area contributed by atoms with Crippen LogP contribution in [0.5, 0.6) is 17.2 Å². The van der Waals surface area contributed by atoms with E-state index in [9.17, 15) is 9.59 Å². The molecule has 0 spiro atoms. The van der Waals surface area contributed by atoms with Crippen LogP contribution >= 0.6 is 0 Å². The third-order valence-corrected chi connectivity index (χ3v) is 5.45. The first-order chi connectivity index (χ1) is 16.9. The summed E-state index contributed by atoms with van der Waals surface area (Å²) < 4.78 is 21.4. The second kappa shape index (κ2) is 10.2. The summed E-state index contributed by atoms with van der Waals surface area (Å²) in [5, 5.41) is 10.3. The van der Waals surface area contributed by atoms with Crippen LogP contribution in [0.3, 0.4) is 0 Å². The Kier molecular flexibility index (Phi) is 6.86. The highest BCUT2D eigenvalue weighted by molar-refractivity contribution is 6.04. The molecule has 9 heteroatoms. The summed E-state index contributed by atoms with van der Waals surface area (Å²) in [7, 11) is 4.47. The fourth-order valence-corrected chi connectivity index (χ4v) is 3.63. The van der Waals surface area contributed by atoms with Gasteiger partial charge in [0.25, 0.3) is 5.91 Å². The normalized spacial score (nSPS) is 11.5. The lowest BCUT2D eigenvalue weighted by molar-refractivity contribution is -0.117. The van der Waals surface area contributed by atoms with Crippen LogP contribution in [0.25, 0.3) is 22.2 Å². The number of aromatic nitrogens is 1. The number of hydrogen-bond donors (Lipinski definition) is 2. The smallest absolute Gasteiger partial charge is 0.251 e. The van der Waals surface area contributed by atoms with E-state index in [1.165, 1.54) is 21.3 Å². The quantitative estimate of drug-likeness (QED) is 0.391. The van der Waals surface area contributed by atoms with Gasteiger partial charge in [-0.3, -0.25) is 9.59 Å². The predicted octanol–water partition coefficient (Wildman–Crippen LogP) is 4.28. The summed E-state index contributed by atoms with van der Waals surface area (Å²) in [5.41, 5.74) is 2.30. The van der Waals surface area contributed by atoms with Crippen LogP contribution in [-0.2, 0) is 4.79 Å². The van der Waals surface area contributed by atoms with Crippen molar-refractivity contribution < 1.29 is 28.3 Å². The summed E-state index contributed by atoms with van der Waals surface area (Å²) in [4.78, 5) is 25.7. The van der Waals surface area contributed by atoms with E-state index in [1.807, 2.05) is 30.3 Å². The van der Waals surface area contributed by atoms with Gasteiger partial charge >= 0.3 is 0 Å². The fourth-order valence-electron chi connectivity index (χ4n) is 3.63. The number of anilines is 1. The zero-order chi connectivity index (χ0) is 24.9. The Morgan fingerprint density at radius 2 is 1.60 bits per heavy atom. The molecule has 0 radical (unpaired) electrons. The third-order valence-electron chi connectivity index (χ3n) is 5.45. The minimum Gasteiger partial charge on any atom is -0.493 e. The van der Waals surface area contributed by atoms with Gasteiger partial charge in [0, 0.05) is 28.9 Å². The lowest BCUT2D eigenvalue weighted by Crippen LogP contribution is -2.41. The van der Waals surface area contributed by atoms with Gasteiger partial charge in [-0.05, 0) is 25.1 Å². The molecule has 35 heavy (non-hydrogen) atoms. The van der Waals surface area contributed by atoms with Crippen molar-refractivity contribution in [3.8, 4) is 28.6 Å². The molecule has 3 aromatic carbocycles.